The van der Waals surface area contributed by atoms with Crippen molar-refractivity contribution in [2.75, 3.05) is 13.1 Å². The molecule has 1 saturated carbocycles. The molecule has 2 fully saturated rings. The Morgan fingerprint density at radius 2 is 2.09 bits per heavy atom. The molecule has 2 aliphatic rings. The largest absolute Gasteiger partial charge is 0.355 e. The summed E-state index contributed by atoms with van der Waals surface area (Å²) in [5, 5.41) is 7.03. The van der Waals surface area contributed by atoms with Crippen LogP contribution >= 0.6 is 0 Å². The van der Waals surface area contributed by atoms with Crippen LogP contribution in [0.5, 0.6) is 0 Å². The zero-order chi connectivity index (χ0) is 15.6. The molecule has 4 rings (SSSR count). The molecule has 1 atom stereocenters. The Hall–Kier alpha value is -2.21. The van der Waals surface area contributed by atoms with Crippen molar-refractivity contribution in [2.24, 2.45) is 0 Å². The molecule has 120 valence electrons. The van der Waals surface area contributed by atoms with Crippen LogP contribution in [0.15, 0.2) is 34.9 Å². The molecule has 0 radical (unpaired) electrons. The second-order valence-electron chi connectivity index (χ2n) is 6.27. The summed E-state index contributed by atoms with van der Waals surface area (Å²) in [5.74, 6) is 2.05. The predicted octanol–water partition coefficient (Wildman–Crippen LogP) is 2.01. The van der Waals surface area contributed by atoms with Gasteiger partial charge < -0.3 is 9.84 Å². The van der Waals surface area contributed by atoms with Crippen LogP contribution in [0.3, 0.4) is 0 Å². The van der Waals surface area contributed by atoms with Crippen LogP contribution in [0, 0.1) is 0 Å². The van der Waals surface area contributed by atoms with E-state index >= 15 is 0 Å². The molecule has 0 unspecified atom stereocenters. The van der Waals surface area contributed by atoms with Gasteiger partial charge in [0.05, 0.1) is 6.54 Å². The number of hydrogen-bond acceptors (Lipinski definition) is 5. The summed E-state index contributed by atoms with van der Waals surface area (Å²) in [6.45, 7) is 1.99. The molecule has 6 nitrogen and oxygen atoms in total. The molecule has 1 aromatic heterocycles. The second kappa shape index (κ2) is 6.12. The molecule has 2 heterocycles. The monoisotopic (exact) mass is 312 g/mol. The maximum atomic E-state index is 12.0. The van der Waals surface area contributed by atoms with E-state index in [0.29, 0.717) is 31.3 Å². The highest BCUT2D eigenvalue weighted by molar-refractivity contribution is 5.77. The van der Waals surface area contributed by atoms with Gasteiger partial charge in [-0.1, -0.05) is 35.5 Å². The Labute approximate surface area is 134 Å². The van der Waals surface area contributed by atoms with Crippen molar-refractivity contribution in [1.29, 1.82) is 0 Å². The van der Waals surface area contributed by atoms with E-state index in [2.05, 4.69) is 32.5 Å². The van der Waals surface area contributed by atoms with Crippen LogP contribution in [0.1, 0.15) is 48.5 Å². The molecular weight excluding hydrogens is 292 g/mol. The minimum atomic E-state index is 0.0370. The quantitative estimate of drug-likeness (QED) is 0.935. The number of carbonyl (C=O) groups excluding carboxylic acids is 1. The maximum absolute atomic E-state index is 12.0. The number of benzene rings is 1. The standard InChI is InChI=1S/C17H20N4O2/c22-15-10-14(12-4-2-1-3-5-12)21(9-8-18-15)11-16-19-17(20-23-16)13-6-7-13/h1-5,13-14H,6-11H2,(H,18,22)/t14-/m0/s1. The number of nitrogens with zero attached hydrogens (tertiary/aromatic N) is 3. The molecule has 0 spiro atoms. The topological polar surface area (TPSA) is 71.3 Å². The highest BCUT2D eigenvalue weighted by Crippen LogP contribution is 2.38. The molecule has 1 aliphatic carbocycles. The zero-order valence-corrected chi connectivity index (χ0v) is 12.9. The van der Waals surface area contributed by atoms with Gasteiger partial charge in [0.15, 0.2) is 5.82 Å². The van der Waals surface area contributed by atoms with Crippen molar-refractivity contribution in [2.45, 2.75) is 37.8 Å². The van der Waals surface area contributed by atoms with Crippen molar-refractivity contribution in [3.05, 3.63) is 47.6 Å². The van der Waals surface area contributed by atoms with Crippen LogP contribution in [0.2, 0.25) is 0 Å². The fraction of sp³-hybridized carbons (Fsp3) is 0.471. The maximum Gasteiger partial charge on any atom is 0.240 e. The molecule has 1 saturated heterocycles. The van der Waals surface area contributed by atoms with E-state index in [-0.39, 0.29) is 11.9 Å². The van der Waals surface area contributed by atoms with Crippen LogP contribution in [-0.2, 0) is 11.3 Å². The summed E-state index contributed by atoms with van der Waals surface area (Å²) in [4.78, 5) is 18.7. The molecule has 1 aliphatic heterocycles. The lowest BCUT2D eigenvalue weighted by Crippen LogP contribution is -2.30. The SMILES string of the molecule is O=C1C[C@@H](c2ccccc2)N(Cc2nc(C3CC3)no2)CCN1. The van der Waals surface area contributed by atoms with Crippen LogP contribution in [-0.4, -0.2) is 34.0 Å². The number of aromatic nitrogens is 2. The smallest absolute Gasteiger partial charge is 0.240 e. The molecular formula is C17H20N4O2. The Kier molecular flexibility index (Phi) is 3.83. The van der Waals surface area contributed by atoms with Gasteiger partial charge in [-0.3, -0.25) is 9.69 Å². The fourth-order valence-corrected chi connectivity index (χ4v) is 3.08. The zero-order valence-electron chi connectivity index (χ0n) is 12.9. The van der Waals surface area contributed by atoms with E-state index in [0.717, 1.165) is 30.8 Å². The van der Waals surface area contributed by atoms with E-state index in [9.17, 15) is 4.79 Å². The molecule has 23 heavy (non-hydrogen) atoms. The fourth-order valence-electron chi connectivity index (χ4n) is 3.08. The summed E-state index contributed by atoms with van der Waals surface area (Å²) in [6, 6.07) is 10.2. The van der Waals surface area contributed by atoms with Gasteiger partial charge in [-0.2, -0.15) is 4.98 Å². The summed E-state index contributed by atoms with van der Waals surface area (Å²) in [6.07, 6.45) is 2.77. The first kappa shape index (κ1) is 14.4. The lowest BCUT2D eigenvalue weighted by atomic mass is 10.0. The van der Waals surface area contributed by atoms with Crippen LogP contribution in [0.4, 0.5) is 0 Å². The number of rotatable bonds is 4. The third-order valence-corrected chi connectivity index (χ3v) is 4.49. The minimum absolute atomic E-state index is 0.0370. The molecule has 2 aromatic rings. The van der Waals surface area contributed by atoms with Crippen molar-refractivity contribution < 1.29 is 9.32 Å². The third-order valence-electron chi connectivity index (χ3n) is 4.49. The van der Waals surface area contributed by atoms with Crippen molar-refractivity contribution >= 4 is 5.91 Å². The first-order valence-corrected chi connectivity index (χ1v) is 8.18. The highest BCUT2D eigenvalue weighted by Gasteiger charge is 2.31. The van der Waals surface area contributed by atoms with Gasteiger partial charge in [-0.15, -0.1) is 0 Å². The van der Waals surface area contributed by atoms with E-state index in [1.165, 1.54) is 0 Å². The lowest BCUT2D eigenvalue weighted by Gasteiger charge is -2.27. The Morgan fingerprint density at radius 1 is 1.26 bits per heavy atom. The first-order chi connectivity index (χ1) is 11.3. The van der Waals surface area contributed by atoms with Crippen LogP contribution < -0.4 is 5.32 Å². The first-order valence-electron chi connectivity index (χ1n) is 8.18. The van der Waals surface area contributed by atoms with Gasteiger partial charge in [0.1, 0.15) is 0 Å². The van der Waals surface area contributed by atoms with Gasteiger partial charge in [0, 0.05) is 31.5 Å². The predicted molar refractivity (Wildman–Crippen MR) is 83.5 cm³/mol. The van der Waals surface area contributed by atoms with Gasteiger partial charge in [-0.05, 0) is 18.4 Å². The van der Waals surface area contributed by atoms with Gasteiger partial charge in [0.25, 0.3) is 0 Å². The van der Waals surface area contributed by atoms with Crippen molar-refractivity contribution in [3.63, 3.8) is 0 Å². The summed E-state index contributed by atoms with van der Waals surface area (Å²) < 4.78 is 5.41. The third kappa shape index (κ3) is 3.27. The summed E-state index contributed by atoms with van der Waals surface area (Å²) in [5.41, 5.74) is 1.14. The van der Waals surface area contributed by atoms with E-state index in [4.69, 9.17) is 4.52 Å². The summed E-state index contributed by atoms with van der Waals surface area (Å²) in [7, 11) is 0. The van der Waals surface area contributed by atoms with Gasteiger partial charge in [0.2, 0.25) is 11.8 Å². The Bertz CT molecular complexity index is 681. The highest BCUT2D eigenvalue weighted by atomic mass is 16.5. The molecule has 1 N–H and O–H groups in total. The molecule has 1 aromatic carbocycles. The average Bonchev–Trinajstić information content (AvgIpc) is 3.34. The number of carbonyl (C=O) groups is 1. The molecule has 6 heteroatoms. The van der Waals surface area contributed by atoms with E-state index in [1.807, 2.05) is 18.2 Å². The molecule has 0 bridgehead atoms. The van der Waals surface area contributed by atoms with E-state index in [1.54, 1.807) is 0 Å². The van der Waals surface area contributed by atoms with Gasteiger partial charge >= 0.3 is 0 Å². The minimum Gasteiger partial charge on any atom is -0.355 e. The van der Waals surface area contributed by atoms with Crippen LogP contribution in [0.25, 0.3) is 0 Å². The normalized spacial score (nSPS) is 22.6. The molecule has 1 amide bonds. The van der Waals surface area contributed by atoms with Crippen molar-refractivity contribution in [3.8, 4) is 0 Å². The number of amides is 1. The van der Waals surface area contributed by atoms with Crippen molar-refractivity contribution in [1.82, 2.24) is 20.4 Å². The second-order valence-corrected chi connectivity index (χ2v) is 6.27. The Morgan fingerprint density at radius 3 is 2.87 bits per heavy atom. The lowest BCUT2D eigenvalue weighted by molar-refractivity contribution is -0.121. The average molecular weight is 312 g/mol. The Balaban J connectivity index is 1.56. The number of hydrogen-bond donors (Lipinski definition) is 1. The van der Waals surface area contributed by atoms with E-state index < -0.39 is 0 Å². The summed E-state index contributed by atoms with van der Waals surface area (Å²) >= 11 is 0. The van der Waals surface area contributed by atoms with Gasteiger partial charge in [-0.25, -0.2) is 0 Å². The number of nitrogens with one attached hydrogen (secondary N) is 1.